The van der Waals surface area contributed by atoms with Crippen LogP contribution in [-0.4, -0.2) is 37.8 Å². The van der Waals surface area contributed by atoms with Crippen molar-refractivity contribution < 1.29 is 19.0 Å². The van der Waals surface area contributed by atoms with Gasteiger partial charge in [-0.3, -0.25) is 4.79 Å². The monoisotopic (exact) mass is 369 g/mol. The van der Waals surface area contributed by atoms with Crippen LogP contribution in [0, 0.1) is 5.92 Å². The number of rotatable bonds is 7. The van der Waals surface area contributed by atoms with E-state index >= 15 is 0 Å². The Balaban J connectivity index is 1.82. The van der Waals surface area contributed by atoms with Crippen LogP contribution in [0.15, 0.2) is 24.4 Å². The molecule has 2 aromatic rings. The third kappa shape index (κ3) is 3.04. The fourth-order valence-corrected chi connectivity index (χ4v) is 4.00. The Morgan fingerprint density at radius 1 is 1.15 bits per heavy atom. The van der Waals surface area contributed by atoms with E-state index in [1.165, 1.54) is 5.56 Å². The van der Waals surface area contributed by atoms with Gasteiger partial charge in [-0.05, 0) is 43.5 Å². The van der Waals surface area contributed by atoms with E-state index in [-0.39, 0.29) is 17.7 Å². The van der Waals surface area contributed by atoms with E-state index in [4.69, 9.17) is 14.2 Å². The van der Waals surface area contributed by atoms with Gasteiger partial charge < -0.3 is 18.8 Å². The van der Waals surface area contributed by atoms with E-state index in [1.807, 2.05) is 12.1 Å². The Kier molecular flexibility index (Phi) is 4.72. The second-order valence-electron chi connectivity index (χ2n) is 7.58. The van der Waals surface area contributed by atoms with Crippen LogP contribution in [0.1, 0.15) is 54.6 Å². The minimum absolute atomic E-state index is 0.203. The molecule has 27 heavy (non-hydrogen) atoms. The smallest absolute Gasteiger partial charge is 0.168 e. The van der Waals surface area contributed by atoms with Crippen LogP contribution in [-0.2, 0) is 4.74 Å². The van der Waals surface area contributed by atoms with E-state index in [0.29, 0.717) is 24.9 Å². The van der Waals surface area contributed by atoms with Crippen LogP contribution < -0.4 is 9.47 Å². The Morgan fingerprint density at radius 2 is 1.93 bits per heavy atom. The summed E-state index contributed by atoms with van der Waals surface area (Å²) in [6.07, 6.45) is 4.08. The predicted octanol–water partition coefficient (Wildman–Crippen LogP) is 4.46. The number of aromatic nitrogens is 1. The average Bonchev–Trinajstić information content (AvgIpc) is 3.43. The topological polar surface area (TPSA) is 49.7 Å². The van der Waals surface area contributed by atoms with Gasteiger partial charge in [0.1, 0.15) is 6.61 Å². The average molecular weight is 369 g/mol. The second kappa shape index (κ2) is 7.04. The normalized spacial score (nSPS) is 20.7. The molecular weight excluding hydrogens is 342 g/mol. The lowest BCUT2D eigenvalue weighted by atomic mass is 9.84. The van der Waals surface area contributed by atoms with E-state index < -0.39 is 0 Å². The molecule has 2 unspecified atom stereocenters. The Hall–Kier alpha value is -2.27. The van der Waals surface area contributed by atoms with E-state index in [9.17, 15) is 4.79 Å². The molecule has 0 N–H and O–H groups in total. The van der Waals surface area contributed by atoms with Gasteiger partial charge in [-0.1, -0.05) is 6.92 Å². The zero-order valence-electron chi connectivity index (χ0n) is 16.5. The van der Waals surface area contributed by atoms with Crippen molar-refractivity contribution in [3.63, 3.8) is 0 Å². The molecule has 4 rings (SSSR count). The molecule has 0 saturated heterocycles. The molecule has 1 saturated carbocycles. The fraction of sp³-hybridized carbons (Fsp3) is 0.500. The van der Waals surface area contributed by atoms with Gasteiger partial charge >= 0.3 is 0 Å². The van der Waals surface area contributed by atoms with Crippen molar-refractivity contribution in [1.29, 1.82) is 0 Å². The third-order valence-corrected chi connectivity index (χ3v) is 5.92. The molecule has 2 atom stereocenters. The number of ether oxygens (including phenoxy) is 3. The first-order valence-corrected chi connectivity index (χ1v) is 9.65. The Bertz CT molecular complexity index is 865. The summed E-state index contributed by atoms with van der Waals surface area (Å²) in [7, 11) is 3.30. The van der Waals surface area contributed by atoms with Gasteiger partial charge in [0.15, 0.2) is 17.3 Å². The van der Waals surface area contributed by atoms with Crippen molar-refractivity contribution in [2.45, 2.75) is 38.6 Å². The predicted molar refractivity (Wildman–Crippen MR) is 104 cm³/mol. The molecule has 0 spiro atoms. The van der Waals surface area contributed by atoms with E-state index in [2.05, 4.69) is 30.7 Å². The first kappa shape index (κ1) is 18.1. The summed E-state index contributed by atoms with van der Waals surface area (Å²) in [6, 6.07) is 6.36. The highest BCUT2D eigenvalue weighted by molar-refractivity contribution is 6.05. The summed E-state index contributed by atoms with van der Waals surface area (Å²) in [4.78, 5) is 12.9. The lowest BCUT2D eigenvalue weighted by molar-refractivity contribution is 0.0968. The van der Waals surface area contributed by atoms with Crippen molar-refractivity contribution in [3.05, 3.63) is 35.5 Å². The van der Waals surface area contributed by atoms with Crippen LogP contribution in [0.4, 0.5) is 0 Å². The fourth-order valence-electron chi connectivity index (χ4n) is 4.00. The van der Waals surface area contributed by atoms with Crippen LogP contribution in [0.3, 0.4) is 0 Å². The maximum Gasteiger partial charge on any atom is 0.168 e. The number of nitrogens with zero attached hydrogens (tertiary/aromatic N) is 1. The summed E-state index contributed by atoms with van der Waals surface area (Å²) >= 11 is 0. The summed E-state index contributed by atoms with van der Waals surface area (Å²) < 4.78 is 18.8. The number of carbonyl (C=O) groups excluding carboxylic acids is 1. The van der Waals surface area contributed by atoms with Gasteiger partial charge in [0.2, 0.25) is 0 Å². The van der Waals surface area contributed by atoms with Crippen molar-refractivity contribution in [3.8, 4) is 22.8 Å². The number of hydrogen-bond acceptors (Lipinski definition) is 4. The minimum Gasteiger partial charge on any atom is -0.493 e. The highest BCUT2D eigenvalue weighted by Gasteiger charge is 2.37. The third-order valence-electron chi connectivity index (χ3n) is 5.92. The summed E-state index contributed by atoms with van der Waals surface area (Å²) in [6.45, 7) is 5.42. The molecule has 0 amide bonds. The van der Waals surface area contributed by atoms with Gasteiger partial charge in [-0.25, -0.2) is 0 Å². The molecule has 0 radical (unpaired) electrons. The highest BCUT2D eigenvalue weighted by atomic mass is 16.5. The van der Waals surface area contributed by atoms with Gasteiger partial charge in [-0.15, -0.1) is 0 Å². The number of ketones is 1. The lowest BCUT2D eigenvalue weighted by Crippen LogP contribution is -2.20. The summed E-state index contributed by atoms with van der Waals surface area (Å²) in [5, 5.41) is 0. The molecule has 1 aliphatic carbocycles. The van der Waals surface area contributed by atoms with Gasteiger partial charge in [0.25, 0.3) is 0 Å². The number of hydrogen-bond donors (Lipinski definition) is 0. The molecule has 5 nitrogen and oxygen atoms in total. The van der Waals surface area contributed by atoms with Gasteiger partial charge in [0.05, 0.1) is 19.4 Å². The molecule has 2 heterocycles. The van der Waals surface area contributed by atoms with Crippen molar-refractivity contribution >= 4 is 5.78 Å². The number of carbonyl (C=O) groups is 1. The van der Waals surface area contributed by atoms with Crippen LogP contribution >= 0.6 is 0 Å². The van der Waals surface area contributed by atoms with Gasteiger partial charge in [0, 0.05) is 42.3 Å². The zero-order valence-corrected chi connectivity index (χ0v) is 16.5. The Labute approximate surface area is 160 Å². The highest BCUT2D eigenvalue weighted by Crippen LogP contribution is 2.49. The molecule has 1 fully saturated rings. The largest absolute Gasteiger partial charge is 0.493 e. The van der Waals surface area contributed by atoms with Crippen LogP contribution in [0.5, 0.6) is 11.5 Å². The molecule has 2 aliphatic rings. The lowest BCUT2D eigenvalue weighted by Gasteiger charge is -2.33. The molecule has 1 aliphatic heterocycles. The maximum atomic E-state index is 12.9. The van der Waals surface area contributed by atoms with Crippen molar-refractivity contribution in [1.82, 2.24) is 4.57 Å². The molecule has 1 aromatic heterocycles. The van der Waals surface area contributed by atoms with Crippen molar-refractivity contribution in [2.75, 3.05) is 27.4 Å². The van der Waals surface area contributed by atoms with Crippen LogP contribution in [0.2, 0.25) is 0 Å². The van der Waals surface area contributed by atoms with E-state index in [0.717, 1.165) is 35.4 Å². The number of methoxy groups -OCH3 is 2. The maximum absolute atomic E-state index is 12.9. The second-order valence-corrected chi connectivity index (χ2v) is 7.58. The molecule has 144 valence electrons. The first-order chi connectivity index (χ1) is 13.1. The summed E-state index contributed by atoms with van der Waals surface area (Å²) in [5.41, 5.74) is 4.14. The molecule has 5 heteroatoms. The quantitative estimate of drug-likeness (QED) is 0.534. The molecule has 1 aromatic carbocycles. The molecule has 0 bridgehead atoms. The van der Waals surface area contributed by atoms with E-state index in [1.54, 1.807) is 14.2 Å². The van der Waals surface area contributed by atoms with Crippen LogP contribution in [0.25, 0.3) is 11.3 Å². The number of fused-ring (bicyclic) bond motifs is 3. The standard InChI is InChI=1S/C22H27NO4/c1-13-14(2)23-8-7-16(22(24)15-5-6-15)21(23)18-12-19(26-4)20(11-17(13)18)27-10-9-25-3/h7-8,11-15H,5-6,9-10H2,1-4H3. The van der Waals surface area contributed by atoms with Gasteiger partial charge in [-0.2, -0.15) is 0 Å². The number of benzene rings is 1. The SMILES string of the molecule is COCCOc1cc2c(cc1OC)-c1c(C(=O)C3CC3)ccn1C(C)C2C. The Morgan fingerprint density at radius 3 is 2.59 bits per heavy atom. The number of Topliss-reactive ketones (excluding diaryl/α,β-unsaturated/α-hetero) is 1. The minimum atomic E-state index is 0.203. The van der Waals surface area contributed by atoms with Crippen molar-refractivity contribution in [2.24, 2.45) is 5.92 Å². The first-order valence-electron chi connectivity index (χ1n) is 9.65. The zero-order chi connectivity index (χ0) is 19.1. The summed E-state index contributed by atoms with van der Waals surface area (Å²) in [5.74, 6) is 2.19. The molecular formula is C22H27NO4.